The van der Waals surface area contributed by atoms with Crippen molar-refractivity contribution in [3.05, 3.63) is 54.1 Å². The molecule has 108 valence electrons. The summed E-state index contributed by atoms with van der Waals surface area (Å²) in [5, 5.41) is 2.24. The SMILES string of the molecule is C[Si](C)(C)c1ccc(CSc2nc3ccccc3o2)cc1. The Hall–Kier alpha value is -1.52. The van der Waals surface area contributed by atoms with Crippen LogP contribution in [0.15, 0.2) is 58.2 Å². The molecular weight excluding hydrogens is 294 g/mol. The van der Waals surface area contributed by atoms with Crippen LogP contribution in [0.4, 0.5) is 0 Å². The van der Waals surface area contributed by atoms with Crippen molar-refractivity contribution in [1.29, 1.82) is 0 Å². The molecular formula is C17H19NOSSi. The fourth-order valence-corrected chi connectivity index (χ4v) is 4.12. The fourth-order valence-electron chi connectivity index (χ4n) is 2.16. The van der Waals surface area contributed by atoms with E-state index in [1.807, 2.05) is 24.3 Å². The number of hydrogen-bond acceptors (Lipinski definition) is 3. The van der Waals surface area contributed by atoms with Crippen molar-refractivity contribution in [3.8, 4) is 0 Å². The van der Waals surface area contributed by atoms with Crippen molar-refractivity contribution < 1.29 is 4.42 Å². The van der Waals surface area contributed by atoms with Crippen LogP contribution in [0.2, 0.25) is 19.6 Å². The predicted molar refractivity (Wildman–Crippen MR) is 93.0 cm³/mol. The summed E-state index contributed by atoms with van der Waals surface area (Å²) in [5.41, 5.74) is 3.09. The van der Waals surface area contributed by atoms with E-state index in [4.69, 9.17) is 4.42 Å². The highest BCUT2D eigenvalue weighted by Crippen LogP contribution is 2.25. The predicted octanol–water partition coefficient (Wildman–Crippen LogP) is 4.67. The first kappa shape index (κ1) is 14.4. The van der Waals surface area contributed by atoms with Gasteiger partial charge in [-0.1, -0.05) is 73.0 Å². The lowest BCUT2D eigenvalue weighted by atomic mass is 10.2. The van der Waals surface area contributed by atoms with E-state index < -0.39 is 8.07 Å². The van der Waals surface area contributed by atoms with Gasteiger partial charge in [-0.25, -0.2) is 4.98 Å². The first-order valence-corrected chi connectivity index (χ1v) is 11.6. The van der Waals surface area contributed by atoms with Gasteiger partial charge in [0.25, 0.3) is 5.22 Å². The Morgan fingerprint density at radius 1 is 1.00 bits per heavy atom. The molecule has 3 rings (SSSR count). The number of hydrogen-bond donors (Lipinski definition) is 0. The summed E-state index contributed by atoms with van der Waals surface area (Å²) in [6.07, 6.45) is 0. The van der Waals surface area contributed by atoms with Gasteiger partial charge in [-0.15, -0.1) is 0 Å². The van der Waals surface area contributed by atoms with Crippen molar-refractivity contribution in [2.24, 2.45) is 0 Å². The second-order valence-electron chi connectivity index (χ2n) is 6.18. The van der Waals surface area contributed by atoms with Crippen LogP contribution in [0.1, 0.15) is 5.56 Å². The molecule has 0 amide bonds. The first-order valence-electron chi connectivity index (χ1n) is 7.10. The summed E-state index contributed by atoms with van der Waals surface area (Å²) in [6.45, 7) is 7.11. The average Bonchev–Trinajstić information content (AvgIpc) is 2.87. The van der Waals surface area contributed by atoms with Crippen molar-refractivity contribution in [1.82, 2.24) is 4.98 Å². The summed E-state index contributed by atoms with van der Waals surface area (Å²) in [4.78, 5) is 4.49. The molecule has 0 fully saturated rings. The minimum absolute atomic E-state index is 0.741. The van der Waals surface area contributed by atoms with E-state index in [9.17, 15) is 0 Å². The van der Waals surface area contributed by atoms with E-state index in [1.165, 1.54) is 10.8 Å². The second-order valence-corrected chi connectivity index (χ2v) is 12.2. The minimum Gasteiger partial charge on any atom is -0.431 e. The normalized spacial score (nSPS) is 12.0. The number of thioether (sulfide) groups is 1. The Kier molecular flexibility index (Phi) is 3.91. The monoisotopic (exact) mass is 313 g/mol. The van der Waals surface area contributed by atoms with Crippen LogP contribution in [0.25, 0.3) is 11.1 Å². The maximum absolute atomic E-state index is 5.73. The molecule has 0 N–H and O–H groups in total. The van der Waals surface area contributed by atoms with Crippen LogP contribution >= 0.6 is 11.8 Å². The lowest BCUT2D eigenvalue weighted by Gasteiger charge is -2.16. The van der Waals surface area contributed by atoms with Gasteiger partial charge in [-0.05, 0) is 17.7 Å². The molecule has 0 atom stereocenters. The van der Waals surface area contributed by atoms with Gasteiger partial charge in [0.15, 0.2) is 5.58 Å². The quantitative estimate of drug-likeness (QED) is 0.517. The Balaban J connectivity index is 1.69. The number of fused-ring (bicyclic) bond motifs is 1. The van der Waals surface area contributed by atoms with E-state index in [1.54, 1.807) is 11.8 Å². The smallest absolute Gasteiger partial charge is 0.257 e. The van der Waals surface area contributed by atoms with E-state index in [2.05, 4.69) is 48.9 Å². The molecule has 0 aliphatic carbocycles. The standard InChI is InChI=1S/C17H19NOSSi/c1-21(2,3)14-10-8-13(9-11-14)12-20-17-18-15-6-4-5-7-16(15)19-17/h4-11H,12H2,1-3H3. The fraction of sp³-hybridized carbons (Fsp3) is 0.235. The largest absolute Gasteiger partial charge is 0.431 e. The Morgan fingerprint density at radius 3 is 2.38 bits per heavy atom. The summed E-state index contributed by atoms with van der Waals surface area (Å²) in [7, 11) is -1.20. The van der Waals surface area contributed by atoms with Crippen LogP contribution < -0.4 is 5.19 Å². The summed E-state index contributed by atoms with van der Waals surface area (Å²) >= 11 is 1.65. The minimum atomic E-state index is -1.20. The zero-order valence-electron chi connectivity index (χ0n) is 12.6. The van der Waals surface area contributed by atoms with E-state index in [0.717, 1.165) is 22.1 Å². The molecule has 4 heteroatoms. The van der Waals surface area contributed by atoms with Crippen LogP contribution in [0.3, 0.4) is 0 Å². The number of para-hydroxylation sites is 2. The van der Waals surface area contributed by atoms with Gasteiger partial charge in [0.05, 0.1) is 8.07 Å². The van der Waals surface area contributed by atoms with Crippen LogP contribution in [-0.4, -0.2) is 13.1 Å². The molecule has 1 aromatic heterocycles. The molecule has 0 aliphatic rings. The molecule has 0 radical (unpaired) electrons. The Bertz CT molecular complexity index is 710. The Morgan fingerprint density at radius 2 is 1.71 bits per heavy atom. The van der Waals surface area contributed by atoms with Crippen molar-refractivity contribution in [3.63, 3.8) is 0 Å². The van der Waals surface area contributed by atoms with Crippen molar-refractivity contribution in [2.45, 2.75) is 30.6 Å². The molecule has 0 saturated carbocycles. The summed E-state index contributed by atoms with van der Waals surface area (Å²) in [6, 6.07) is 16.9. The maximum Gasteiger partial charge on any atom is 0.257 e. The van der Waals surface area contributed by atoms with Gasteiger partial charge in [0.1, 0.15) is 5.52 Å². The molecule has 2 nitrogen and oxygen atoms in total. The van der Waals surface area contributed by atoms with Gasteiger partial charge < -0.3 is 4.42 Å². The van der Waals surface area contributed by atoms with Crippen LogP contribution in [0, 0.1) is 0 Å². The van der Waals surface area contributed by atoms with Crippen LogP contribution in [0.5, 0.6) is 0 Å². The van der Waals surface area contributed by atoms with E-state index >= 15 is 0 Å². The number of aromatic nitrogens is 1. The molecule has 0 spiro atoms. The molecule has 0 aliphatic heterocycles. The molecule has 3 aromatic rings. The highest BCUT2D eigenvalue weighted by Gasteiger charge is 2.15. The molecule has 0 bridgehead atoms. The number of rotatable bonds is 4. The molecule has 2 aromatic carbocycles. The highest BCUT2D eigenvalue weighted by molar-refractivity contribution is 7.98. The van der Waals surface area contributed by atoms with Crippen molar-refractivity contribution >= 4 is 36.1 Å². The van der Waals surface area contributed by atoms with Gasteiger partial charge >= 0.3 is 0 Å². The van der Waals surface area contributed by atoms with Gasteiger partial charge in [0.2, 0.25) is 0 Å². The van der Waals surface area contributed by atoms with Gasteiger partial charge in [-0.3, -0.25) is 0 Å². The van der Waals surface area contributed by atoms with E-state index in [-0.39, 0.29) is 0 Å². The highest BCUT2D eigenvalue weighted by atomic mass is 32.2. The zero-order valence-corrected chi connectivity index (χ0v) is 14.4. The Labute approximate surface area is 130 Å². The van der Waals surface area contributed by atoms with Crippen LogP contribution in [-0.2, 0) is 5.75 Å². The third kappa shape index (κ3) is 3.39. The molecule has 0 unspecified atom stereocenters. The third-order valence-electron chi connectivity index (χ3n) is 3.46. The van der Waals surface area contributed by atoms with Gasteiger partial charge in [0, 0.05) is 5.75 Å². The molecule has 0 saturated heterocycles. The third-order valence-corrected chi connectivity index (χ3v) is 6.42. The van der Waals surface area contributed by atoms with Gasteiger partial charge in [-0.2, -0.15) is 0 Å². The number of oxazole rings is 1. The topological polar surface area (TPSA) is 26.0 Å². The average molecular weight is 313 g/mol. The van der Waals surface area contributed by atoms with Crippen molar-refractivity contribution in [2.75, 3.05) is 0 Å². The maximum atomic E-state index is 5.73. The number of benzene rings is 2. The van der Waals surface area contributed by atoms with E-state index in [0.29, 0.717) is 0 Å². The lowest BCUT2D eigenvalue weighted by molar-refractivity contribution is 0.489. The lowest BCUT2D eigenvalue weighted by Crippen LogP contribution is -2.37. The zero-order chi connectivity index (χ0) is 14.9. The first-order chi connectivity index (χ1) is 10.0. The summed E-state index contributed by atoms with van der Waals surface area (Å²) < 4.78 is 5.73. The number of nitrogens with zero attached hydrogens (tertiary/aromatic N) is 1. The molecule has 1 heterocycles. The summed E-state index contributed by atoms with van der Waals surface area (Å²) in [5.74, 6) is 0.888. The second kappa shape index (κ2) is 5.70. The molecule has 21 heavy (non-hydrogen) atoms.